The van der Waals surface area contributed by atoms with Crippen molar-refractivity contribution in [3.05, 3.63) is 58.5 Å². The van der Waals surface area contributed by atoms with E-state index in [1.165, 1.54) is 19.4 Å². The number of anilines is 1. The summed E-state index contributed by atoms with van der Waals surface area (Å²) in [6.45, 7) is 4.54. The molecule has 0 unspecified atom stereocenters. The van der Waals surface area contributed by atoms with Crippen molar-refractivity contribution in [2.45, 2.75) is 63.1 Å². The number of halogens is 4. The normalized spacial score (nSPS) is 23.1. The molecule has 0 bridgehead atoms. The number of rotatable bonds is 4. The number of fused-ring (bicyclic) bond motifs is 3. The molecule has 3 aromatic rings. The number of alkyl halides is 2. The Balaban J connectivity index is 1.13. The smallest absolute Gasteiger partial charge is 0.251 e. The zero-order valence-corrected chi connectivity index (χ0v) is 22.0. The first-order valence-electron chi connectivity index (χ1n) is 12.9. The van der Waals surface area contributed by atoms with Gasteiger partial charge < -0.3 is 9.64 Å². The largest absolute Gasteiger partial charge is 0.493 e. The molecule has 3 fully saturated rings. The van der Waals surface area contributed by atoms with Crippen LogP contribution in [0, 0.1) is 11.2 Å². The summed E-state index contributed by atoms with van der Waals surface area (Å²) in [6, 6.07) is 7.14. The van der Waals surface area contributed by atoms with Crippen molar-refractivity contribution in [3.8, 4) is 11.4 Å². The third-order valence-electron chi connectivity index (χ3n) is 8.87. The van der Waals surface area contributed by atoms with E-state index in [-0.39, 0.29) is 24.2 Å². The van der Waals surface area contributed by atoms with Crippen LogP contribution < -0.4 is 9.64 Å². The highest BCUT2D eigenvalue weighted by atomic mass is 35.5. The average molecular weight is 545 g/mol. The minimum atomic E-state index is -2.62. The maximum Gasteiger partial charge on any atom is 0.251 e. The van der Waals surface area contributed by atoms with Gasteiger partial charge in [-0.2, -0.15) is 0 Å². The molecular weight excluding hydrogens is 517 g/mol. The molecule has 200 valence electrons. The second-order valence-corrected chi connectivity index (χ2v) is 12.2. The summed E-state index contributed by atoms with van der Waals surface area (Å²) < 4.78 is 48.9. The Bertz CT molecular complexity index is 1420. The van der Waals surface area contributed by atoms with Gasteiger partial charge in [0.15, 0.2) is 17.4 Å². The molecule has 4 aliphatic rings. The quantitative estimate of drug-likeness (QED) is 0.441. The van der Waals surface area contributed by atoms with Crippen molar-refractivity contribution in [1.82, 2.24) is 24.6 Å². The van der Waals surface area contributed by atoms with Gasteiger partial charge in [-0.3, -0.25) is 9.47 Å². The van der Waals surface area contributed by atoms with Gasteiger partial charge in [0.25, 0.3) is 5.92 Å². The van der Waals surface area contributed by atoms with Crippen LogP contribution >= 0.6 is 11.6 Å². The maximum atomic E-state index is 13.9. The van der Waals surface area contributed by atoms with Crippen molar-refractivity contribution in [3.63, 3.8) is 0 Å². The van der Waals surface area contributed by atoms with Crippen molar-refractivity contribution in [2.24, 2.45) is 5.41 Å². The minimum Gasteiger partial charge on any atom is -0.493 e. The Kier molecular flexibility index (Phi) is 5.15. The molecule has 0 atom stereocenters. The lowest BCUT2D eigenvalue weighted by Gasteiger charge is -2.59. The zero-order valence-electron chi connectivity index (χ0n) is 21.2. The highest BCUT2D eigenvalue weighted by Crippen LogP contribution is 2.57. The van der Waals surface area contributed by atoms with Crippen LogP contribution in [-0.2, 0) is 13.1 Å². The Morgan fingerprint density at radius 1 is 1.08 bits per heavy atom. The number of aromatic nitrogens is 4. The first kappa shape index (κ1) is 24.2. The lowest BCUT2D eigenvalue weighted by molar-refractivity contribution is -0.173. The summed E-state index contributed by atoms with van der Waals surface area (Å²) in [6.07, 6.45) is 2.82. The van der Waals surface area contributed by atoms with Crippen LogP contribution in [0.2, 0.25) is 5.02 Å². The highest BCUT2D eigenvalue weighted by Gasteiger charge is 2.58. The number of hydrogen-bond donors (Lipinski definition) is 0. The van der Waals surface area contributed by atoms with Crippen LogP contribution in [-0.4, -0.2) is 56.3 Å². The van der Waals surface area contributed by atoms with E-state index in [4.69, 9.17) is 16.3 Å². The summed E-state index contributed by atoms with van der Waals surface area (Å²) in [7, 11) is 1.52. The molecule has 7 rings (SSSR count). The molecule has 1 aromatic carbocycles. The summed E-state index contributed by atoms with van der Waals surface area (Å²) in [5.74, 6) is -0.0135. The summed E-state index contributed by atoms with van der Waals surface area (Å²) in [5, 5.41) is 9.81. The maximum absolute atomic E-state index is 13.9. The molecule has 0 radical (unpaired) electrons. The molecule has 2 aliphatic heterocycles. The molecule has 38 heavy (non-hydrogen) atoms. The van der Waals surface area contributed by atoms with Gasteiger partial charge in [0.05, 0.1) is 25.5 Å². The monoisotopic (exact) mass is 544 g/mol. The third-order valence-corrected chi connectivity index (χ3v) is 9.10. The van der Waals surface area contributed by atoms with Crippen molar-refractivity contribution in [2.75, 3.05) is 25.1 Å². The third kappa shape index (κ3) is 3.71. The van der Waals surface area contributed by atoms with Crippen molar-refractivity contribution >= 4 is 17.4 Å². The van der Waals surface area contributed by atoms with E-state index < -0.39 is 17.3 Å². The van der Waals surface area contributed by atoms with Gasteiger partial charge in [-0.05, 0) is 43.5 Å². The molecule has 2 aromatic heterocycles. The Hall–Kier alpha value is -2.85. The van der Waals surface area contributed by atoms with E-state index >= 15 is 0 Å². The van der Waals surface area contributed by atoms with E-state index in [1.54, 1.807) is 0 Å². The summed E-state index contributed by atoms with van der Waals surface area (Å²) >= 11 is 6.37. The van der Waals surface area contributed by atoms with Gasteiger partial charge in [0.1, 0.15) is 11.6 Å². The number of hydrogen-bond acceptors (Lipinski definition) is 6. The van der Waals surface area contributed by atoms with E-state index in [0.29, 0.717) is 29.7 Å². The van der Waals surface area contributed by atoms with Crippen LogP contribution in [0.4, 0.5) is 19.0 Å². The van der Waals surface area contributed by atoms with Gasteiger partial charge in [-0.25, -0.2) is 18.2 Å². The highest BCUT2D eigenvalue weighted by molar-refractivity contribution is 6.30. The second-order valence-electron chi connectivity index (χ2n) is 11.8. The lowest BCUT2D eigenvalue weighted by Crippen LogP contribution is -2.62. The second kappa shape index (κ2) is 8.08. The molecule has 2 saturated carbocycles. The van der Waals surface area contributed by atoms with Crippen LogP contribution in [0.1, 0.15) is 55.7 Å². The predicted molar refractivity (Wildman–Crippen MR) is 136 cm³/mol. The van der Waals surface area contributed by atoms with E-state index in [2.05, 4.69) is 29.5 Å². The topological polar surface area (TPSA) is 59.3 Å². The molecule has 1 spiro atoms. The van der Waals surface area contributed by atoms with Gasteiger partial charge in [0, 0.05) is 60.4 Å². The van der Waals surface area contributed by atoms with Crippen molar-refractivity contribution < 1.29 is 17.9 Å². The van der Waals surface area contributed by atoms with E-state index in [0.717, 1.165) is 48.8 Å². The molecule has 0 amide bonds. The summed E-state index contributed by atoms with van der Waals surface area (Å²) in [4.78, 5) is 8.48. The standard InChI is InChI=1S/C27H28ClF3N6O/c1-25(12-27(30,31)13-25)36-10-16-5-18(28)3-4-20(16)37-22(11-36)33-34-23(37)17-7-26(8-17)14-35(15-26)24-21(38-2)6-19(29)9-32-24/h3-6,9,17H,7-8,10-15H2,1-2H3. The van der Waals surface area contributed by atoms with Crippen LogP contribution in [0.25, 0.3) is 5.69 Å². The molecule has 1 saturated heterocycles. The van der Waals surface area contributed by atoms with Crippen molar-refractivity contribution in [1.29, 1.82) is 0 Å². The number of nitrogens with zero attached hydrogens (tertiary/aromatic N) is 6. The first-order valence-corrected chi connectivity index (χ1v) is 13.3. The molecule has 0 N–H and O–H groups in total. The number of benzene rings is 1. The van der Waals surface area contributed by atoms with Crippen LogP contribution in [0.5, 0.6) is 5.75 Å². The number of pyridine rings is 1. The Labute approximate surface area is 223 Å². The Morgan fingerprint density at radius 3 is 2.55 bits per heavy atom. The van der Waals surface area contributed by atoms with Gasteiger partial charge in [-0.15, -0.1) is 10.2 Å². The minimum absolute atomic E-state index is 0.155. The van der Waals surface area contributed by atoms with E-state index in [1.807, 2.05) is 25.1 Å². The number of ether oxygens (including phenoxy) is 1. The van der Waals surface area contributed by atoms with Crippen LogP contribution in [0.15, 0.2) is 30.5 Å². The fraction of sp³-hybridized carbons (Fsp3) is 0.519. The van der Waals surface area contributed by atoms with Gasteiger partial charge in [0.2, 0.25) is 0 Å². The van der Waals surface area contributed by atoms with E-state index in [9.17, 15) is 13.2 Å². The molecule has 7 nitrogen and oxygen atoms in total. The molecule has 11 heteroatoms. The first-order chi connectivity index (χ1) is 18.1. The molecule has 2 aliphatic carbocycles. The lowest BCUT2D eigenvalue weighted by atomic mass is 9.57. The van der Waals surface area contributed by atoms with Gasteiger partial charge >= 0.3 is 0 Å². The number of methoxy groups -OCH3 is 1. The zero-order chi connectivity index (χ0) is 26.4. The average Bonchev–Trinajstić information content (AvgIpc) is 3.11. The fourth-order valence-electron chi connectivity index (χ4n) is 7.10. The molecule has 4 heterocycles. The molecular formula is C27H28ClF3N6O. The predicted octanol–water partition coefficient (Wildman–Crippen LogP) is 5.35. The van der Waals surface area contributed by atoms with Gasteiger partial charge in [-0.1, -0.05) is 11.6 Å². The summed E-state index contributed by atoms with van der Waals surface area (Å²) in [5.41, 5.74) is 1.52. The Morgan fingerprint density at radius 2 is 1.84 bits per heavy atom. The SMILES string of the molecule is COc1cc(F)cnc1N1CC2(CC(c3nnc4n3-c3ccc(Cl)cc3CN(C3(C)CC(F)(F)C3)C4)C2)C1. The van der Waals surface area contributed by atoms with Crippen LogP contribution in [0.3, 0.4) is 0 Å². The fourth-order valence-corrected chi connectivity index (χ4v) is 7.29.